The fourth-order valence-corrected chi connectivity index (χ4v) is 3.41. The van der Waals surface area contributed by atoms with Crippen molar-refractivity contribution in [2.24, 2.45) is 0 Å². The fraction of sp³-hybridized carbons (Fsp3) is 0.231. The average Bonchev–Trinajstić information content (AvgIpc) is 2.68. The van der Waals surface area contributed by atoms with E-state index in [1.165, 1.54) is 32.0 Å². The molecule has 2 N–H and O–H groups in total. The second-order valence-corrected chi connectivity index (χ2v) is 6.21. The quantitative estimate of drug-likeness (QED) is 0.895. The van der Waals surface area contributed by atoms with Crippen LogP contribution in [0.5, 0.6) is 0 Å². The summed E-state index contributed by atoms with van der Waals surface area (Å²) in [5.74, 6) is -0.869. The molecule has 0 spiro atoms. The van der Waals surface area contributed by atoms with Gasteiger partial charge in [0, 0.05) is 5.69 Å². The Morgan fingerprint density at radius 3 is 2.43 bits per heavy atom. The Bertz CT molecular complexity index is 788. The lowest BCUT2D eigenvalue weighted by atomic mass is 10.1. The molecule has 8 heteroatoms. The summed E-state index contributed by atoms with van der Waals surface area (Å²) in [6, 6.07) is 4.20. The van der Waals surface area contributed by atoms with Crippen LogP contribution in [0.4, 0.5) is 5.69 Å². The van der Waals surface area contributed by atoms with E-state index in [9.17, 15) is 13.2 Å². The van der Waals surface area contributed by atoms with Crippen molar-refractivity contribution in [3.8, 4) is 0 Å². The molecular weight excluding hydrogens is 296 g/mol. The van der Waals surface area contributed by atoms with Crippen molar-refractivity contribution < 1.29 is 22.8 Å². The van der Waals surface area contributed by atoms with E-state index in [-0.39, 0.29) is 27.6 Å². The molecule has 0 atom stereocenters. The van der Waals surface area contributed by atoms with E-state index in [0.29, 0.717) is 5.56 Å². The lowest BCUT2D eigenvalue weighted by Crippen LogP contribution is -2.15. The van der Waals surface area contributed by atoms with Gasteiger partial charge in [-0.05, 0) is 44.5 Å². The first-order valence-corrected chi connectivity index (χ1v) is 7.50. The zero-order chi connectivity index (χ0) is 15.8. The van der Waals surface area contributed by atoms with E-state index in [2.05, 4.69) is 9.88 Å². The van der Waals surface area contributed by atoms with Crippen molar-refractivity contribution in [1.82, 2.24) is 5.16 Å². The standard InChI is InChI=1S/C13H14N2O5S/c1-7-6-10(4-5-11(7)13(16)17)15-21(18,19)12-8(2)14-20-9(12)3/h4-6,15H,1-3H3,(H,16,17). The molecule has 0 saturated heterocycles. The van der Waals surface area contributed by atoms with Crippen LogP contribution in [0, 0.1) is 20.8 Å². The van der Waals surface area contributed by atoms with Gasteiger partial charge in [-0.25, -0.2) is 13.2 Å². The van der Waals surface area contributed by atoms with Crippen molar-refractivity contribution in [3.63, 3.8) is 0 Å². The minimum absolute atomic E-state index is 0.0116. The number of benzene rings is 1. The summed E-state index contributed by atoms with van der Waals surface area (Å²) in [7, 11) is -3.83. The third kappa shape index (κ3) is 2.89. The number of nitrogens with zero attached hydrogens (tertiary/aromatic N) is 1. The van der Waals surface area contributed by atoms with Crippen molar-refractivity contribution in [1.29, 1.82) is 0 Å². The van der Waals surface area contributed by atoms with E-state index in [1.807, 2.05) is 0 Å². The van der Waals surface area contributed by atoms with Crippen LogP contribution >= 0.6 is 0 Å². The van der Waals surface area contributed by atoms with E-state index < -0.39 is 16.0 Å². The summed E-state index contributed by atoms with van der Waals surface area (Å²) in [5, 5.41) is 12.6. The third-order valence-electron chi connectivity index (χ3n) is 2.95. The monoisotopic (exact) mass is 310 g/mol. The lowest BCUT2D eigenvalue weighted by molar-refractivity contribution is 0.0696. The van der Waals surface area contributed by atoms with Gasteiger partial charge in [0.2, 0.25) is 0 Å². The number of hydrogen-bond donors (Lipinski definition) is 2. The van der Waals surface area contributed by atoms with Gasteiger partial charge in [-0.1, -0.05) is 5.16 Å². The maximum absolute atomic E-state index is 12.3. The lowest BCUT2D eigenvalue weighted by Gasteiger charge is -2.09. The fourth-order valence-electron chi connectivity index (χ4n) is 2.03. The van der Waals surface area contributed by atoms with Gasteiger partial charge in [0.15, 0.2) is 10.7 Å². The number of sulfonamides is 1. The number of anilines is 1. The molecule has 112 valence electrons. The molecule has 1 heterocycles. The Labute approximate surface area is 121 Å². The van der Waals surface area contributed by atoms with Crippen molar-refractivity contribution in [2.45, 2.75) is 25.7 Å². The number of aromatic nitrogens is 1. The molecule has 1 aromatic carbocycles. The highest BCUT2D eigenvalue weighted by molar-refractivity contribution is 7.92. The number of carbonyl (C=O) groups is 1. The van der Waals surface area contributed by atoms with E-state index >= 15 is 0 Å². The molecule has 0 aliphatic rings. The maximum atomic E-state index is 12.3. The number of carboxylic acid groups (broad SMARTS) is 1. The van der Waals surface area contributed by atoms with Crippen LogP contribution in [0.25, 0.3) is 0 Å². The molecule has 0 bridgehead atoms. The van der Waals surface area contributed by atoms with Gasteiger partial charge in [0.25, 0.3) is 10.0 Å². The highest BCUT2D eigenvalue weighted by Gasteiger charge is 2.24. The molecule has 0 amide bonds. The summed E-state index contributed by atoms with van der Waals surface area (Å²) in [5.41, 5.74) is 1.12. The number of rotatable bonds is 4. The van der Waals surface area contributed by atoms with Crippen LogP contribution in [0.3, 0.4) is 0 Å². The number of carboxylic acids is 1. The van der Waals surface area contributed by atoms with E-state index in [1.54, 1.807) is 6.92 Å². The smallest absolute Gasteiger partial charge is 0.335 e. The molecule has 2 rings (SSSR count). The molecule has 0 saturated carbocycles. The van der Waals surface area contributed by atoms with Crippen LogP contribution in [0.2, 0.25) is 0 Å². The number of aryl methyl sites for hydroxylation is 3. The Hall–Kier alpha value is -2.35. The maximum Gasteiger partial charge on any atom is 0.335 e. The molecule has 2 aromatic rings. The summed E-state index contributed by atoms with van der Waals surface area (Å²) in [6.45, 7) is 4.63. The summed E-state index contributed by atoms with van der Waals surface area (Å²) >= 11 is 0. The minimum atomic E-state index is -3.83. The van der Waals surface area contributed by atoms with Crippen molar-refractivity contribution >= 4 is 21.7 Å². The number of aromatic carboxylic acids is 1. The van der Waals surface area contributed by atoms with Crippen molar-refractivity contribution in [2.75, 3.05) is 4.72 Å². The van der Waals surface area contributed by atoms with Crippen LogP contribution < -0.4 is 4.72 Å². The SMILES string of the molecule is Cc1cc(NS(=O)(=O)c2c(C)noc2C)ccc1C(=O)O. The second-order valence-electron chi connectivity index (χ2n) is 4.59. The van der Waals surface area contributed by atoms with E-state index in [0.717, 1.165) is 0 Å². The Morgan fingerprint density at radius 1 is 1.29 bits per heavy atom. The zero-order valence-electron chi connectivity index (χ0n) is 11.7. The first-order chi connectivity index (χ1) is 9.72. The van der Waals surface area contributed by atoms with Gasteiger partial charge < -0.3 is 9.63 Å². The number of nitrogens with one attached hydrogen (secondary N) is 1. The Balaban J connectivity index is 2.38. The summed E-state index contributed by atoms with van der Waals surface area (Å²) < 4.78 is 31.8. The molecule has 0 unspecified atom stereocenters. The van der Waals surface area contributed by atoms with Crippen LogP contribution in [-0.4, -0.2) is 24.7 Å². The van der Waals surface area contributed by atoms with Gasteiger partial charge in [-0.2, -0.15) is 0 Å². The third-order valence-corrected chi connectivity index (χ3v) is 4.57. The van der Waals surface area contributed by atoms with Crippen LogP contribution in [-0.2, 0) is 10.0 Å². The van der Waals surface area contributed by atoms with E-state index in [4.69, 9.17) is 9.63 Å². The highest BCUT2D eigenvalue weighted by Crippen LogP contribution is 2.23. The molecular formula is C13H14N2O5S. The molecule has 7 nitrogen and oxygen atoms in total. The normalized spacial score (nSPS) is 11.4. The average molecular weight is 310 g/mol. The van der Waals surface area contributed by atoms with Gasteiger partial charge in [0.1, 0.15) is 5.69 Å². The molecule has 0 radical (unpaired) electrons. The molecule has 0 aliphatic carbocycles. The van der Waals surface area contributed by atoms with Gasteiger partial charge in [-0.15, -0.1) is 0 Å². The van der Waals surface area contributed by atoms with Gasteiger partial charge >= 0.3 is 5.97 Å². The molecule has 0 aliphatic heterocycles. The molecule has 0 fully saturated rings. The minimum Gasteiger partial charge on any atom is -0.478 e. The number of hydrogen-bond acceptors (Lipinski definition) is 5. The zero-order valence-corrected chi connectivity index (χ0v) is 12.5. The Morgan fingerprint density at radius 2 is 1.95 bits per heavy atom. The Kier molecular flexibility index (Phi) is 3.73. The largest absolute Gasteiger partial charge is 0.478 e. The molecule has 1 aromatic heterocycles. The topological polar surface area (TPSA) is 110 Å². The second kappa shape index (κ2) is 5.21. The van der Waals surface area contributed by atoms with Crippen LogP contribution in [0.15, 0.2) is 27.6 Å². The van der Waals surface area contributed by atoms with Gasteiger partial charge in [0.05, 0.1) is 5.56 Å². The first-order valence-electron chi connectivity index (χ1n) is 6.02. The highest BCUT2D eigenvalue weighted by atomic mass is 32.2. The predicted octanol–water partition coefficient (Wildman–Crippen LogP) is 2.10. The molecule has 21 heavy (non-hydrogen) atoms. The first kappa shape index (κ1) is 15.0. The summed E-state index contributed by atoms with van der Waals surface area (Å²) in [4.78, 5) is 10.9. The van der Waals surface area contributed by atoms with Crippen LogP contribution in [0.1, 0.15) is 27.4 Å². The predicted molar refractivity (Wildman–Crippen MR) is 74.9 cm³/mol. The van der Waals surface area contributed by atoms with Crippen molar-refractivity contribution in [3.05, 3.63) is 40.8 Å². The summed E-state index contributed by atoms with van der Waals surface area (Å²) in [6.07, 6.45) is 0. The van der Waals surface area contributed by atoms with Gasteiger partial charge in [-0.3, -0.25) is 4.72 Å².